The molecule has 168 valence electrons. The lowest BCUT2D eigenvalue weighted by atomic mass is 10.0. The van der Waals surface area contributed by atoms with Gasteiger partial charge < -0.3 is 15.5 Å². The van der Waals surface area contributed by atoms with E-state index in [1.807, 2.05) is 12.1 Å². The fourth-order valence-electron chi connectivity index (χ4n) is 4.24. The first kappa shape index (κ1) is 23.0. The van der Waals surface area contributed by atoms with Crippen molar-refractivity contribution in [1.82, 2.24) is 19.8 Å². The fourth-order valence-corrected chi connectivity index (χ4v) is 5.76. The van der Waals surface area contributed by atoms with Crippen LogP contribution in [0.3, 0.4) is 0 Å². The first-order valence-corrected chi connectivity index (χ1v) is 12.7. The quantitative estimate of drug-likeness (QED) is 0.373. The number of rotatable bonds is 8. The van der Waals surface area contributed by atoms with Crippen molar-refractivity contribution in [2.24, 2.45) is 4.99 Å². The van der Waals surface area contributed by atoms with Gasteiger partial charge in [0.15, 0.2) is 5.96 Å². The molecule has 0 saturated carbocycles. The molecule has 0 spiro atoms. The van der Waals surface area contributed by atoms with Crippen LogP contribution in [0.4, 0.5) is 0 Å². The average molecular weight is 436 g/mol. The molecule has 0 bridgehead atoms. The van der Waals surface area contributed by atoms with Gasteiger partial charge in [0.05, 0.1) is 4.90 Å². The molecular weight excluding hydrogens is 398 g/mol. The van der Waals surface area contributed by atoms with Gasteiger partial charge >= 0.3 is 0 Å². The number of hydrogen-bond donors (Lipinski definition) is 2. The molecule has 2 heterocycles. The molecule has 0 aliphatic carbocycles. The Balaban J connectivity index is 1.41. The Morgan fingerprint density at radius 1 is 1.07 bits per heavy atom. The zero-order chi connectivity index (χ0) is 21.4. The predicted octanol–water partition coefficient (Wildman–Crippen LogP) is 2.40. The molecule has 1 aromatic rings. The van der Waals surface area contributed by atoms with Crippen molar-refractivity contribution < 1.29 is 8.42 Å². The smallest absolute Gasteiger partial charge is 0.243 e. The van der Waals surface area contributed by atoms with E-state index in [4.69, 9.17) is 0 Å². The maximum Gasteiger partial charge on any atom is 0.243 e. The van der Waals surface area contributed by atoms with Gasteiger partial charge in [-0.1, -0.05) is 18.6 Å². The number of nitrogens with zero attached hydrogens (tertiary/aromatic N) is 3. The molecule has 30 heavy (non-hydrogen) atoms. The third kappa shape index (κ3) is 6.18. The van der Waals surface area contributed by atoms with Gasteiger partial charge in [0.25, 0.3) is 0 Å². The van der Waals surface area contributed by atoms with E-state index in [1.54, 1.807) is 23.5 Å². The van der Waals surface area contributed by atoms with Gasteiger partial charge in [0.1, 0.15) is 0 Å². The van der Waals surface area contributed by atoms with Crippen LogP contribution < -0.4 is 10.6 Å². The third-order valence-electron chi connectivity index (χ3n) is 6.16. The summed E-state index contributed by atoms with van der Waals surface area (Å²) in [5.41, 5.74) is 1.03. The molecule has 2 fully saturated rings. The van der Waals surface area contributed by atoms with E-state index in [0.717, 1.165) is 43.9 Å². The van der Waals surface area contributed by atoms with Gasteiger partial charge in [0, 0.05) is 45.8 Å². The predicted molar refractivity (Wildman–Crippen MR) is 122 cm³/mol. The Hall–Kier alpha value is -1.64. The van der Waals surface area contributed by atoms with Crippen LogP contribution in [0.5, 0.6) is 0 Å². The number of likely N-dealkylation sites (tertiary alicyclic amines) is 1. The topological polar surface area (TPSA) is 77.0 Å². The molecule has 1 atom stereocenters. The van der Waals surface area contributed by atoms with Crippen LogP contribution in [0.15, 0.2) is 34.2 Å². The number of piperidine rings is 1. The summed E-state index contributed by atoms with van der Waals surface area (Å²) >= 11 is 0. The summed E-state index contributed by atoms with van der Waals surface area (Å²) in [4.78, 5) is 7.25. The number of sulfonamides is 1. The molecular formula is C22H37N5O2S. The number of hydrogen-bond acceptors (Lipinski definition) is 4. The summed E-state index contributed by atoms with van der Waals surface area (Å²) in [6.45, 7) is 7.42. The Bertz CT molecular complexity index is 788. The Kier molecular flexibility index (Phi) is 8.53. The second-order valence-corrected chi connectivity index (χ2v) is 10.3. The molecule has 8 heteroatoms. The highest BCUT2D eigenvalue weighted by atomic mass is 32.2. The standard InChI is InChI=1S/C22H37N5O2S/c1-19-8-3-4-14-26(19)15-7-13-24-22(23-2)25-18-20-9-11-21(12-10-20)30(28,29)27-16-5-6-17-27/h9-12,19H,3-8,13-18H2,1-2H3,(H2,23,24,25). The van der Waals surface area contributed by atoms with Crippen LogP contribution in [0.2, 0.25) is 0 Å². The molecule has 7 nitrogen and oxygen atoms in total. The summed E-state index contributed by atoms with van der Waals surface area (Å²) < 4.78 is 26.8. The second-order valence-electron chi connectivity index (χ2n) is 8.34. The summed E-state index contributed by atoms with van der Waals surface area (Å²) in [6, 6.07) is 7.87. The van der Waals surface area contributed by atoms with Crippen molar-refractivity contribution in [2.45, 2.75) is 62.9 Å². The largest absolute Gasteiger partial charge is 0.356 e. The summed E-state index contributed by atoms with van der Waals surface area (Å²) in [6.07, 6.45) is 6.98. The van der Waals surface area contributed by atoms with Crippen molar-refractivity contribution in [2.75, 3.05) is 39.8 Å². The van der Waals surface area contributed by atoms with E-state index < -0.39 is 10.0 Å². The monoisotopic (exact) mass is 435 g/mol. The minimum Gasteiger partial charge on any atom is -0.356 e. The number of guanidine groups is 1. The SMILES string of the molecule is CN=C(NCCCN1CCCCC1C)NCc1ccc(S(=O)(=O)N2CCCC2)cc1. The maximum absolute atomic E-state index is 12.6. The van der Waals surface area contributed by atoms with Crippen molar-refractivity contribution in [3.63, 3.8) is 0 Å². The summed E-state index contributed by atoms with van der Waals surface area (Å²) in [5.74, 6) is 0.774. The molecule has 1 unspecified atom stereocenters. The van der Waals surface area contributed by atoms with Crippen LogP contribution in [0.1, 0.15) is 51.0 Å². The minimum atomic E-state index is -3.35. The van der Waals surface area contributed by atoms with Crippen LogP contribution in [0, 0.1) is 0 Å². The summed E-state index contributed by atoms with van der Waals surface area (Å²) in [7, 11) is -1.58. The first-order chi connectivity index (χ1) is 14.5. The van der Waals surface area contributed by atoms with Gasteiger partial charge in [-0.15, -0.1) is 0 Å². The Labute approximate surface area is 182 Å². The van der Waals surface area contributed by atoms with Crippen molar-refractivity contribution in [3.8, 4) is 0 Å². The van der Waals surface area contributed by atoms with Crippen molar-refractivity contribution >= 4 is 16.0 Å². The summed E-state index contributed by atoms with van der Waals surface area (Å²) in [5, 5.41) is 6.69. The molecule has 3 rings (SSSR count). The maximum atomic E-state index is 12.6. The van der Waals surface area contributed by atoms with Crippen LogP contribution in [-0.2, 0) is 16.6 Å². The lowest BCUT2D eigenvalue weighted by molar-refractivity contribution is 0.159. The molecule has 2 aliphatic heterocycles. The number of benzene rings is 1. The van der Waals surface area contributed by atoms with E-state index in [2.05, 4.69) is 27.4 Å². The first-order valence-electron chi connectivity index (χ1n) is 11.3. The van der Waals surface area contributed by atoms with Gasteiger partial charge in [-0.25, -0.2) is 8.42 Å². The zero-order valence-corrected chi connectivity index (χ0v) is 19.3. The van der Waals surface area contributed by atoms with Crippen LogP contribution in [-0.4, -0.2) is 69.4 Å². The van der Waals surface area contributed by atoms with Gasteiger partial charge in [0.2, 0.25) is 10.0 Å². The molecule has 2 N–H and O–H groups in total. The highest BCUT2D eigenvalue weighted by Crippen LogP contribution is 2.21. The Morgan fingerprint density at radius 3 is 2.43 bits per heavy atom. The lowest BCUT2D eigenvalue weighted by Gasteiger charge is -2.33. The van der Waals surface area contributed by atoms with E-state index in [0.29, 0.717) is 30.6 Å². The van der Waals surface area contributed by atoms with Gasteiger partial charge in [-0.3, -0.25) is 4.99 Å². The van der Waals surface area contributed by atoms with E-state index >= 15 is 0 Å². The average Bonchev–Trinajstić information content (AvgIpc) is 3.31. The number of aliphatic imine (C=N–C) groups is 1. The lowest BCUT2D eigenvalue weighted by Crippen LogP contribution is -2.41. The fraction of sp³-hybridized carbons (Fsp3) is 0.682. The van der Waals surface area contributed by atoms with Crippen molar-refractivity contribution in [3.05, 3.63) is 29.8 Å². The number of nitrogens with one attached hydrogen (secondary N) is 2. The third-order valence-corrected chi connectivity index (χ3v) is 8.08. The van der Waals surface area contributed by atoms with Crippen molar-refractivity contribution in [1.29, 1.82) is 0 Å². The van der Waals surface area contributed by atoms with Crippen LogP contribution in [0.25, 0.3) is 0 Å². The zero-order valence-electron chi connectivity index (χ0n) is 18.4. The minimum absolute atomic E-state index is 0.377. The highest BCUT2D eigenvalue weighted by Gasteiger charge is 2.26. The van der Waals surface area contributed by atoms with E-state index in [1.165, 1.54) is 25.8 Å². The molecule has 1 aromatic carbocycles. The molecule has 0 amide bonds. The Morgan fingerprint density at radius 2 is 1.77 bits per heavy atom. The molecule has 2 aliphatic rings. The second kappa shape index (κ2) is 11.1. The van der Waals surface area contributed by atoms with Gasteiger partial charge in [-0.2, -0.15) is 4.31 Å². The molecule has 2 saturated heterocycles. The van der Waals surface area contributed by atoms with Gasteiger partial charge in [-0.05, 0) is 63.3 Å². The highest BCUT2D eigenvalue weighted by molar-refractivity contribution is 7.89. The molecule has 0 radical (unpaired) electrons. The molecule has 0 aromatic heterocycles. The van der Waals surface area contributed by atoms with E-state index in [-0.39, 0.29) is 0 Å². The van der Waals surface area contributed by atoms with E-state index in [9.17, 15) is 8.42 Å². The van der Waals surface area contributed by atoms with Crippen LogP contribution >= 0.6 is 0 Å². The normalized spacial score (nSPS) is 21.7.